The average molecular weight is 907 g/mol. The zero-order chi connectivity index (χ0) is 36.6. The number of alkyl halides is 3. The minimum absolute atomic E-state index is 0.0954. The number of allylic oxidation sites excluding steroid dienone is 2. The molecule has 51 heavy (non-hydrogen) atoms. The molecule has 0 radical (unpaired) electrons. The van der Waals surface area contributed by atoms with Crippen molar-refractivity contribution in [3.8, 4) is 11.5 Å². The Kier molecular flexibility index (Phi) is 9.25. The maximum atomic E-state index is 14.4. The van der Waals surface area contributed by atoms with Gasteiger partial charge in [0.1, 0.15) is 0 Å². The Balaban J connectivity index is 1.24. The summed E-state index contributed by atoms with van der Waals surface area (Å²) in [4.78, 5) is 56.6. The number of nitrogens with zero attached hydrogens (tertiary/aromatic N) is 5. The van der Waals surface area contributed by atoms with E-state index < -0.39 is 51.1 Å². The first kappa shape index (κ1) is 35.9. The summed E-state index contributed by atoms with van der Waals surface area (Å²) in [6.07, 6.45) is 1.94. The summed E-state index contributed by atoms with van der Waals surface area (Å²) >= 11 is 19.9. The minimum atomic E-state index is -1.97. The van der Waals surface area contributed by atoms with Gasteiger partial charge in [0.25, 0.3) is 11.8 Å². The van der Waals surface area contributed by atoms with E-state index in [1.54, 1.807) is 36.4 Å². The van der Waals surface area contributed by atoms with E-state index in [9.17, 15) is 24.3 Å². The number of azo groups is 1. The highest BCUT2D eigenvalue weighted by Gasteiger charge is 2.76. The number of amides is 4. The van der Waals surface area contributed by atoms with Gasteiger partial charge in [-0.3, -0.25) is 29.0 Å². The number of hydrogen-bond acceptors (Lipinski definition) is 9. The van der Waals surface area contributed by atoms with Crippen LogP contribution in [-0.2, 0) is 19.2 Å². The van der Waals surface area contributed by atoms with Gasteiger partial charge in [-0.1, -0.05) is 27.6 Å². The third-order valence-corrected chi connectivity index (χ3v) is 13.1. The SMILES string of the molecule is COc1cc([C@H]2C3=CC[C@@H]4C(=O)N(c5ccc(N=Nc6ccc(N(C)C)cc6)cc5)C(=O)[C@@H]4[C@@H]3C[C@@]3(Cl)C(=O)N(CBr)C(=O)[C@@]23Cl)cc(I)c1O. The predicted octanol–water partition coefficient (Wildman–Crippen LogP) is 7.40. The van der Waals surface area contributed by atoms with Crippen LogP contribution < -0.4 is 14.5 Å². The largest absolute Gasteiger partial charge is 0.504 e. The molecule has 4 aliphatic rings. The van der Waals surface area contributed by atoms with Crippen LogP contribution in [0.1, 0.15) is 24.3 Å². The highest BCUT2D eigenvalue weighted by molar-refractivity contribution is 14.1. The monoisotopic (exact) mass is 905 g/mol. The zero-order valence-corrected chi connectivity index (χ0v) is 32.8. The topological polar surface area (TPSA) is 132 Å². The Morgan fingerprint density at radius 2 is 1.59 bits per heavy atom. The number of rotatable bonds is 7. The Morgan fingerprint density at radius 3 is 2.18 bits per heavy atom. The van der Waals surface area contributed by atoms with Gasteiger partial charge in [0.15, 0.2) is 21.2 Å². The van der Waals surface area contributed by atoms with Crippen LogP contribution in [0.5, 0.6) is 11.5 Å². The molecule has 6 atom stereocenters. The molecule has 0 bridgehead atoms. The third-order valence-electron chi connectivity index (χ3n) is 10.4. The zero-order valence-electron chi connectivity index (χ0n) is 27.5. The number of aromatic hydroxyl groups is 1. The molecule has 15 heteroatoms. The van der Waals surface area contributed by atoms with E-state index in [4.69, 9.17) is 27.9 Å². The summed E-state index contributed by atoms with van der Waals surface area (Å²) in [5, 5.41) is 19.2. The second-order valence-corrected chi connectivity index (χ2v) is 16.1. The fourth-order valence-electron chi connectivity index (χ4n) is 7.90. The first-order valence-electron chi connectivity index (χ1n) is 16.0. The lowest BCUT2D eigenvalue weighted by molar-refractivity contribution is -0.138. The number of ether oxygens (including phenoxy) is 1. The van der Waals surface area contributed by atoms with Crippen LogP contribution in [0, 0.1) is 21.3 Å². The number of halogens is 4. The number of fused-ring (bicyclic) bond motifs is 4. The van der Waals surface area contributed by atoms with Crippen LogP contribution in [-0.4, -0.2) is 70.0 Å². The Morgan fingerprint density at radius 1 is 0.961 bits per heavy atom. The predicted molar refractivity (Wildman–Crippen MR) is 205 cm³/mol. The Hall–Kier alpha value is -3.53. The van der Waals surface area contributed by atoms with Crippen molar-refractivity contribution in [2.45, 2.75) is 28.5 Å². The van der Waals surface area contributed by atoms with Crippen LogP contribution in [0.25, 0.3) is 0 Å². The second kappa shape index (κ2) is 13.2. The molecule has 3 aromatic rings. The molecule has 2 saturated heterocycles. The standard InChI is InChI=1S/C36H31BrCl2IN5O6/c1-43(2)21-8-4-19(5-9-21)41-42-20-6-10-22(11-7-20)45-31(47)24-13-12-23-25(28(24)32(45)48)16-35(38)33(49)44(17-37)34(50)36(35,39)29(23)18-14-26(40)30(46)27(15-18)51-3/h4-12,14-15,24-25,28-29,46H,13,16-17H2,1-3H3/t24-,25+,28-,29-,35+,36-/m0/s1. The van der Waals surface area contributed by atoms with Crippen molar-refractivity contribution in [2.24, 2.45) is 28.0 Å². The molecule has 2 aliphatic carbocycles. The van der Waals surface area contributed by atoms with Crippen LogP contribution in [0.2, 0.25) is 0 Å². The first-order valence-corrected chi connectivity index (χ1v) is 19.0. The summed E-state index contributed by atoms with van der Waals surface area (Å²) < 4.78 is 5.86. The maximum absolute atomic E-state index is 14.4. The number of phenolic OH excluding ortho intramolecular Hbond substituents is 1. The molecule has 264 valence electrons. The van der Waals surface area contributed by atoms with Crippen LogP contribution in [0.4, 0.5) is 22.7 Å². The van der Waals surface area contributed by atoms with E-state index in [0.717, 1.165) is 10.6 Å². The van der Waals surface area contributed by atoms with Crippen molar-refractivity contribution >= 4 is 108 Å². The van der Waals surface area contributed by atoms with Crippen molar-refractivity contribution in [1.82, 2.24) is 4.90 Å². The van der Waals surface area contributed by atoms with Gasteiger partial charge in [-0.2, -0.15) is 10.2 Å². The van der Waals surface area contributed by atoms with Crippen LogP contribution in [0.3, 0.4) is 0 Å². The molecule has 3 fully saturated rings. The average Bonchev–Trinajstić information content (AvgIpc) is 3.46. The van der Waals surface area contributed by atoms with Gasteiger partial charge in [-0.25, -0.2) is 0 Å². The molecule has 1 N–H and O–H groups in total. The molecule has 4 amide bonds. The van der Waals surface area contributed by atoms with Crippen molar-refractivity contribution in [1.29, 1.82) is 0 Å². The number of carbonyl (C=O) groups is 4. The molecule has 7 rings (SSSR count). The number of anilines is 2. The lowest BCUT2D eigenvalue weighted by Gasteiger charge is -2.50. The third kappa shape index (κ3) is 5.40. The van der Waals surface area contributed by atoms with E-state index >= 15 is 0 Å². The van der Waals surface area contributed by atoms with Crippen molar-refractivity contribution in [3.63, 3.8) is 0 Å². The number of benzene rings is 3. The smallest absolute Gasteiger partial charge is 0.254 e. The van der Waals surface area contributed by atoms with E-state index in [1.807, 2.05) is 71.9 Å². The Labute approximate surface area is 325 Å². The molecule has 3 aromatic carbocycles. The van der Waals surface area contributed by atoms with E-state index in [2.05, 4.69) is 26.2 Å². The summed E-state index contributed by atoms with van der Waals surface area (Å²) in [5.74, 6) is -5.36. The quantitative estimate of drug-likeness (QED) is 0.0653. The van der Waals surface area contributed by atoms with Crippen molar-refractivity contribution in [3.05, 3.63) is 81.4 Å². The van der Waals surface area contributed by atoms with E-state index in [0.29, 0.717) is 31.8 Å². The molecule has 0 aromatic heterocycles. The molecule has 11 nitrogen and oxygen atoms in total. The van der Waals surface area contributed by atoms with E-state index in [-0.39, 0.29) is 35.7 Å². The molecule has 0 spiro atoms. The number of carbonyl (C=O) groups excluding carboxylic acids is 4. The highest BCUT2D eigenvalue weighted by Crippen LogP contribution is 2.66. The molecule has 2 aliphatic heterocycles. The maximum Gasteiger partial charge on any atom is 0.254 e. The molecule has 2 heterocycles. The number of hydrogen-bond donors (Lipinski definition) is 1. The molecule has 1 saturated carbocycles. The van der Waals surface area contributed by atoms with Gasteiger partial charge in [-0.15, -0.1) is 23.2 Å². The lowest BCUT2D eigenvalue weighted by Crippen LogP contribution is -2.60. The fourth-order valence-corrected chi connectivity index (χ4v) is 9.95. The minimum Gasteiger partial charge on any atom is -0.504 e. The molecular formula is C36H31BrCl2IN5O6. The fraction of sp³-hybridized carbons (Fsp3) is 0.333. The van der Waals surface area contributed by atoms with Gasteiger partial charge in [0, 0.05) is 25.7 Å². The lowest BCUT2D eigenvalue weighted by atomic mass is 9.56. The van der Waals surface area contributed by atoms with Crippen molar-refractivity contribution < 1.29 is 29.0 Å². The second-order valence-electron chi connectivity index (χ2n) is 13.2. The van der Waals surface area contributed by atoms with Gasteiger partial charge in [0.05, 0.1) is 45.0 Å². The summed E-state index contributed by atoms with van der Waals surface area (Å²) in [5.41, 5.74) is 3.61. The van der Waals surface area contributed by atoms with Gasteiger partial charge < -0.3 is 14.7 Å². The van der Waals surface area contributed by atoms with Gasteiger partial charge >= 0.3 is 0 Å². The number of methoxy groups -OCH3 is 1. The first-order chi connectivity index (χ1) is 24.3. The van der Waals surface area contributed by atoms with Crippen LogP contribution in [0.15, 0.2) is 82.5 Å². The number of imide groups is 2. The number of likely N-dealkylation sites (tertiary alicyclic amines) is 1. The summed E-state index contributed by atoms with van der Waals surface area (Å²) in [6.45, 7) is 0. The number of phenols is 1. The Bertz CT molecular complexity index is 2050. The highest BCUT2D eigenvalue weighted by atomic mass is 127. The van der Waals surface area contributed by atoms with E-state index in [1.165, 1.54) is 12.0 Å². The normalized spacial score (nSPS) is 28.6. The molecular weight excluding hydrogens is 876 g/mol. The van der Waals surface area contributed by atoms with Crippen molar-refractivity contribution in [2.75, 3.05) is 36.5 Å². The summed E-state index contributed by atoms with van der Waals surface area (Å²) in [7, 11) is 5.31. The molecule has 0 unspecified atom stereocenters. The van der Waals surface area contributed by atoms with Gasteiger partial charge in [0.2, 0.25) is 11.8 Å². The summed E-state index contributed by atoms with van der Waals surface area (Å²) in [6, 6.07) is 17.5. The van der Waals surface area contributed by atoms with Gasteiger partial charge in [-0.05, 0) is 108 Å². The van der Waals surface area contributed by atoms with Crippen LogP contribution >= 0.6 is 61.7 Å².